The van der Waals surface area contributed by atoms with E-state index in [1.165, 1.54) is 6.92 Å². The highest BCUT2D eigenvalue weighted by molar-refractivity contribution is 5.89. The smallest absolute Gasteiger partial charge is 0.378 e. The minimum Gasteiger partial charge on any atom is -0.378 e. The molecule has 1 atom stereocenters. The van der Waals surface area contributed by atoms with Gasteiger partial charge in [-0.1, -0.05) is 0 Å². The van der Waals surface area contributed by atoms with E-state index in [0.717, 1.165) is 37.2 Å². The van der Waals surface area contributed by atoms with Crippen LogP contribution in [0.2, 0.25) is 0 Å². The maximum Gasteiger partial charge on any atom is 0.406 e. The monoisotopic (exact) mass is 535 g/mol. The van der Waals surface area contributed by atoms with E-state index in [2.05, 4.69) is 30.3 Å². The molecule has 14 heteroatoms. The summed E-state index contributed by atoms with van der Waals surface area (Å²) in [4.78, 5) is 15.0. The maximum absolute atomic E-state index is 12.9. The molecule has 6 rings (SSSR count). The number of ether oxygens (including phenoxy) is 1. The lowest BCUT2D eigenvalue weighted by Gasteiger charge is -2.40. The second-order valence-corrected chi connectivity index (χ2v) is 9.42. The number of aromatic nitrogens is 6. The number of hydrogen-bond donors (Lipinski definition) is 2. The minimum atomic E-state index is -4.37. The summed E-state index contributed by atoms with van der Waals surface area (Å²) in [6.45, 7) is 3.70. The fourth-order valence-corrected chi connectivity index (χ4v) is 4.77. The van der Waals surface area contributed by atoms with Gasteiger partial charge in [-0.25, -0.2) is 18.9 Å². The fraction of sp³-hybridized carbons (Fsp3) is 0.500. The third-order valence-corrected chi connectivity index (χ3v) is 6.69. The van der Waals surface area contributed by atoms with Crippen LogP contribution in [0.5, 0.6) is 0 Å². The van der Waals surface area contributed by atoms with Crippen molar-refractivity contribution in [1.29, 1.82) is 0 Å². The van der Waals surface area contributed by atoms with Crippen molar-refractivity contribution in [2.45, 2.75) is 44.7 Å². The van der Waals surface area contributed by atoms with Gasteiger partial charge in [0.2, 0.25) is 5.95 Å². The van der Waals surface area contributed by atoms with Crippen molar-refractivity contribution >= 4 is 28.4 Å². The van der Waals surface area contributed by atoms with E-state index in [1.54, 1.807) is 36.0 Å². The number of nitrogens with two attached hydrogens (primary N) is 1. The Kier molecular flexibility index (Phi) is 7.09. The summed E-state index contributed by atoms with van der Waals surface area (Å²) in [7, 11) is 1.69. The number of nitrogens with zero attached hydrogens (tertiary/aromatic N) is 7. The lowest BCUT2D eigenvalue weighted by Crippen LogP contribution is -2.52. The zero-order chi connectivity index (χ0) is 27.0. The highest BCUT2D eigenvalue weighted by Crippen LogP contribution is 2.31. The molecule has 2 fully saturated rings. The van der Waals surface area contributed by atoms with Crippen molar-refractivity contribution in [3.05, 3.63) is 30.2 Å². The number of alkyl halides is 4. The second-order valence-electron chi connectivity index (χ2n) is 9.42. The highest BCUT2D eigenvalue weighted by Gasteiger charge is 2.31. The Bertz CT molecular complexity index is 1430. The van der Waals surface area contributed by atoms with Gasteiger partial charge in [-0.05, 0) is 44.5 Å². The average molecular weight is 536 g/mol. The molecule has 6 heterocycles. The van der Waals surface area contributed by atoms with Crippen molar-refractivity contribution in [2.75, 3.05) is 44.4 Å². The first-order valence-corrected chi connectivity index (χ1v) is 12.3. The summed E-state index contributed by atoms with van der Waals surface area (Å²) in [5, 5.41) is 7.06. The predicted molar refractivity (Wildman–Crippen MR) is 135 cm³/mol. The third-order valence-electron chi connectivity index (χ3n) is 6.69. The SMILES string of the molecule is CNc1nc(N)nn2ccc(-c3ccc4nc(C)n(CC(F)(F)F)c4n3)c12.F[C@@H]1CCCN(C2COC2)C1. The molecule has 3 N–H and O–H groups in total. The molecule has 0 unspecified atom stereocenters. The number of likely N-dealkylation sites (tertiary alicyclic amines) is 1. The van der Waals surface area contributed by atoms with Gasteiger partial charge in [-0.2, -0.15) is 18.2 Å². The largest absolute Gasteiger partial charge is 0.406 e. The fourth-order valence-electron chi connectivity index (χ4n) is 4.77. The molecule has 4 aromatic heterocycles. The van der Waals surface area contributed by atoms with E-state index in [9.17, 15) is 17.6 Å². The molecule has 0 spiro atoms. The summed E-state index contributed by atoms with van der Waals surface area (Å²) in [5.74, 6) is 0.835. The van der Waals surface area contributed by atoms with Crippen LogP contribution >= 0.6 is 0 Å². The van der Waals surface area contributed by atoms with Crippen molar-refractivity contribution in [2.24, 2.45) is 0 Å². The number of imidazole rings is 1. The lowest BCUT2D eigenvalue weighted by atomic mass is 10.1. The number of hydrogen-bond acceptors (Lipinski definition) is 8. The van der Waals surface area contributed by atoms with Gasteiger partial charge in [0.25, 0.3) is 0 Å². The van der Waals surface area contributed by atoms with Gasteiger partial charge in [0.05, 0.1) is 24.9 Å². The number of halogens is 4. The first-order chi connectivity index (χ1) is 18.1. The van der Waals surface area contributed by atoms with Crippen LogP contribution in [-0.4, -0.2) is 85.8 Å². The Morgan fingerprint density at radius 2 is 1.95 bits per heavy atom. The Labute approximate surface area is 215 Å². The first kappa shape index (κ1) is 26.1. The van der Waals surface area contributed by atoms with E-state index >= 15 is 0 Å². The first-order valence-electron chi connectivity index (χ1n) is 12.3. The molecular weight excluding hydrogens is 506 g/mol. The number of piperidine rings is 1. The van der Waals surface area contributed by atoms with Crippen molar-refractivity contribution < 1.29 is 22.3 Å². The number of nitrogens with one attached hydrogen (secondary N) is 1. The molecule has 0 amide bonds. The van der Waals surface area contributed by atoms with Gasteiger partial charge in [-0.15, -0.1) is 5.10 Å². The lowest BCUT2D eigenvalue weighted by molar-refractivity contribution is -0.140. The quantitative estimate of drug-likeness (QED) is 0.383. The number of nitrogen functional groups attached to an aromatic ring is 1. The van der Waals surface area contributed by atoms with E-state index in [-0.39, 0.29) is 17.4 Å². The van der Waals surface area contributed by atoms with Gasteiger partial charge >= 0.3 is 6.18 Å². The molecule has 0 aromatic carbocycles. The summed E-state index contributed by atoms with van der Waals surface area (Å²) in [6.07, 6.45) is -1.51. The van der Waals surface area contributed by atoms with Crippen molar-refractivity contribution in [3.8, 4) is 11.3 Å². The number of fused-ring (bicyclic) bond motifs is 2. The maximum atomic E-state index is 12.9. The summed E-state index contributed by atoms with van der Waals surface area (Å²) >= 11 is 0. The van der Waals surface area contributed by atoms with E-state index in [4.69, 9.17) is 10.5 Å². The number of pyridine rings is 1. The third kappa shape index (κ3) is 5.36. The molecule has 204 valence electrons. The topological polar surface area (TPSA) is 111 Å². The zero-order valence-corrected chi connectivity index (χ0v) is 21.0. The number of rotatable bonds is 4. The summed E-state index contributed by atoms with van der Waals surface area (Å²) < 4.78 is 59.3. The molecule has 0 aliphatic carbocycles. The Hall–Kier alpha value is -3.52. The van der Waals surface area contributed by atoms with Crippen LogP contribution in [0.3, 0.4) is 0 Å². The van der Waals surface area contributed by atoms with E-state index < -0.39 is 18.9 Å². The molecule has 10 nitrogen and oxygen atoms in total. The van der Waals surface area contributed by atoms with Crippen LogP contribution in [0.25, 0.3) is 27.9 Å². The number of anilines is 2. The van der Waals surface area contributed by atoms with Gasteiger partial charge in [0, 0.05) is 25.4 Å². The average Bonchev–Trinajstić information content (AvgIpc) is 3.37. The summed E-state index contributed by atoms with van der Waals surface area (Å²) in [6, 6.07) is 5.64. The van der Waals surface area contributed by atoms with Crippen LogP contribution in [0.1, 0.15) is 18.7 Å². The second kappa shape index (κ2) is 10.3. The Morgan fingerprint density at radius 1 is 1.16 bits per heavy atom. The molecular formula is C24H29F4N9O. The van der Waals surface area contributed by atoms with Gasteiger partial charge in [0.15, 0.2) is 11.5 Å². The van der Waals surface area contributed by atoms with Crippen molar-refractivity contribution in [3.63, 3.8) is 0 Å². The Balaban J connectivity index is 0.000000222. The summed E-state index contributed by atoms with van der Waals surface area (Å²) in [5.41, 5.74) is 8.03. The molecule has 2 aliphatic heterocycles. The van der Waals surface area contributed by atoms with Crippen LogP contribution in [0, 0.1) is 6.92 Å². The van der Waals surface area contributed by atoms with E-state index in [1.807, 2.05) is 0 Å². The molecule has 0 radical (unpaired) electrons. The predicted octanol–water partition coefficient (Wildman–Crippen LogP) is 3.45. The van der Waals surface area contributed by atoms with E-state index in [0.29, 0.717) is 40.7 Å². The van der Waals surface area contributed by atoms with Gasteiger partial charge in [-0.3, -0.25) is 4.90 Å². The van der Waals surface area contributed by atoms with Crippen LogP contribution in [0.15, 0.2) is 24.4 Å². The van der Waals surface area contributed by atoms with Crippen molar-refractivity contribution in [1.82, 2.24) is 34.0 Å². The van der Waals surface area contributed by atoms with Crippen LogP contribution in [-0.2, 0) is 11.3 Å². The zero-order valence-electron chi connectivity index (χ0n) is 21.0. The standard InChI is InChI=1S/C16H15F3N8.C8H14FNO/c1-8-22-11-4-3-10(23-14(11)26(8)7-16(17,18)19)9-5-6-27-12(9)13(21-2)24-15(20)25-27;9-7-2-1-3-10(4-7)8-5-11-6-8/h3-6H,7H2,1-2H3,(H3,20,21,24,25);7-8H,1-6H2/t;7-/m.1/s1. The highest BCUT2D eigenvalue weighted by atomic mass is 19.4. The van der Waals surface area contributed by atoms with Crippen LogP contribution in [0.4, 0.5) is 29.3 Å². The Morgan fingerprint density at radius 3 is 2.61 bits per heavy atom. The molecule has 0 saturated carbocycles. The van der Waals surface area contributed by atoms with Crippen LogP contribution < -0.4 is 11.1 Å². The van der Waals surface area contributed by atoms with Gasteiger partial charge < -0.3 is 20.4 Å². The molecule has 2 saturated heterocycles. The normalized spacial score (nSPS) is 18.8. The molecule has 38 heavy (non-hydrogen) atoms. The molecule has 2 aliphatic rings. The molecule has 4 aromatic rings. The number of aryl methyl sites for hydroxylation is 1. The van der Waals surface area contributed by atoms with Gasteiger partial charge in [0.1, 0.15) is 29.6 Å². The minimum absolute atomic E-state index is 0.0938. The molecule has 0 bridgehead atoms.